The van der Waals surface area contributed by atoms with Crippen LogP contribution in [-0.4, -0.2) is 19.5 Å². The maximum atomic E-state index is 5.66. The molecule has 0 spiro atoms. The summed E-state index contributed by atoms with van der Waals surface area (Å²) in [6.45, 7) is 0. The number of hydrogen-bond donors (Lipinski definition) is 2. The molecule has 2 aromatic heterocycles. The van der Waals surface area contributed by atoms with E-state index in [2.05, 4.69) is 15.0 Å². The summed E-state index contributed by atoms with van der Waals surface area (Å²) in [5.41, 5.74) is 8.06. The minimum atomic E-state index is 0.292. The van der Waals surface area contributed by atoms with Gasteiger partial charge in [-0.15, -0.1) is 0 Å². The lowest BCUT2D eigenvalue weighted by atomic mass is 10.3. The van der Waals surface area contributed by atoms with Gasteiger partial charge >= 0.3 is 0 Å². The van der Waals surface area contributed by atoms with Crippen LogP contribution in [0.5, 0.6) is 0 Å². The number of imidazole rings is 1. The van der Waals surface area contributed by atoms with E-state index in [0.29, 0.717) is 16.1 Å². The molecule has 0 saturated heterocycles. The summed E-state index contributed by atoms with van der Waals surface area (Å²) in [4.78, 5) is 11.2. The Bertz CT molecular complexity index is 728. The van der Waals surface area contributed by atoms with Gasteiger partial charge in [-0.2, -0.15) is 0 Å². The summed E-state index contributed by atoms with van der Waals surface area (Å²) in [5.74, 6) is 0.292. The fourth-order valence-corrected chi connectivity index (χ4v) is 1.97. The predicted octanol–water partition coefficient (Wildman–Crippen LogP) is 2.06. The van der Waals surface area contributed by atoms with Gasteiger partial charge in [0.1, 0.15) is 17.5 Å². The van der Waals surface area contributed by atoms with Crippen molar-refractivity contribution < 1.29 is 0 Å². The van der Waals surface area contributed by atoms with Crippen LogP contribution < -0.4 is 5.73 Å². The van der Waals surface area contributed by atoms with Gasteiger partial charge in [0.15, 0.2) is 10.6 Å². The van der Waals surface area contributed by atoms with E-state index < -0.39 is 0 Å². The molecule has 5 nitrogen and oxygen atoms in total. The third kappa shape index (κ3) is 1.58. The molecule has 0 fully saturated rings. The number of benzene rings is 1. The van der Waals surface area contributed by atoms with Crippen LogP contribution in [0.2, 0.25) is 0 Å². The predicted molar refractivity (Wildman–Crippen MR) is 68.5 cm³/mol. The van der Waals surface area contributed by atoms with Crippen LogP contribution in [0.25, 0.3) is 16.9 Å². The van der Waals surface area contributed by atoms with E-state index in [9.17, 15) is 0 Å². The molecule has 0 unspecified atom stereocenters. The molecule has 0 aliphatic carbocycles. The molecular formula is C11H9N5S. The quantitative estimate of drug-likeness (QED) is 0.642. The molecule has 0 bridgehead atoms. The molecule has 84 valence electrons. The lowest BCUT2D eigenvalue weighted by Gasteiger charge is -2.03. The molecule has 0 saturated carbocycles. The summed E-state index contributed by atoms with van der Waals surface area (Å²) in [5, 5.41) is 0. The first-order chi connectivity index (χ1) is 8.25. The summed E-state index contributed by atoms with van der Waals surface area (Å²) in [6, 6.07) is 9.84. The zero-order valence-electron chi connectivity index (χ0n) is 8.79. The van der Waals surface area contributed by atoms with Crippen LogP contribution in [0, 0.1) is 4.64 Å². The number of para-hydroxylation sites is 1. The van der Waals surface area contributed by atoms with Crippen LogP contribution >= 0.6 is 12.2 Å². The summed E-state index contributed by atoms with van der Waals surface area (Å²) in [7, 11) is 0. The molecule has 17 heavy (non-hydrogen) atoms. The number of anilines is 1. The molecule has 6 heteroatoms. The Morgan fingerprint density at radius 2 is 2.00 bits per heavy atom. The van der Waals surface area contributed by atoms with Crippen molar-refractivity contribution in [3.63, 3.8) is 0 Å². The number of nitrogens with one attached hydrogen (secondary N) is 1. The van der Waals surface area contributed by atoms with Crippen molar-refractivity contribution >= 4 is 29.3 Å². The van der Waals surface area contributed by atoms with Crippen molar-refractivity contribution in [2.45, 2.75) is 0 Å². The smallest absolute Gasteiger partial charge is 0.200 e. The second-order valence-corrected chi connectivity index (χ2v) is 3.96. The van der Waals surface area contributed by atoms with Crippen LogP contribution in [0.15, 0.2) is 36.7 Å². The van der Waals surface area contributed by atoms with Crippen LogP contribution in [-0.2, 0) is 0 Å². The van der Waals surface area contributed by atoms with Gasteiger partial charge in [0.25, 0.3) is 0 Å². The maximum absolute atomic E-state index is 5.66. The number of rotatable bonds is 1. The first kappa shape index (κ1) is 9.98. The summed E-state index contributed by atoms with van der Waals surface area (Å²) < 4.78 is 2.30. The fourth-order valence-electron chi connectivity index (χ4n) is 1.72. The van der Waals surface area contributed by atoms with Crippen LogP contribution in [0.4, 0.5) is 5.95 Å². The van der Waals surface area contributed by atoms with Crippen molar-refractivity contribution in [3.8, 4) is 5.69 Å². The zero-order valence-corrected chi connectivity index (χ0v) is 9.61. The minimum Gasteiger partial charge on any atom is -0.369 e. The molecule has 3 rings (SSSR count). The first-order valence-electron chi connectivity index (χ1n) is 5.04. The molecule has 1 aromatic carbocycles. The fraction of sp³-hybridized carbons (Fsp3) is 0. The number of hydrogen-bond acceptors (Lipinski definition) is 4. The van der Waals surface area contributed by atoms with Crippen LogP contribution in [0.3, 0.4) is 0 Å². The Morgan fingerprint density at radius 1 is 1.24 bits per heavy atom. The van der Waals surface area contributed by atoms with Crippen molar-refractivity contribution in [2.75, 3.05) is 5.73 Å². The topological polar surface area (TPSA) is 72.5 Å². The highest BCUT2D eigenvalue weighted by atomic mass is 32.1. The second kappa shape index (κ2) is 3.67. The number of nitrogens with zero attached hydrogens (tertiary/aromatic N) is 3. The number of H-pyrrole nitrogens is 1. The molecule has 0 amide bonds. The van der Waals surface area contributed by atoms with Crippen molar-refractivity contribution in [1.82, 2.24) is 19.5 Å². The molecule has 3 aromatic rings. The SMILES string of the molecule is Nc1nc(=S)c2ncn(-c3ccccc3)c2[nH]1. The standard InChI is InChI=1S/C11H9N5S/c12-11-14-9-8(10(17)15-11)13-6-16(9)7-4-2-1-3-5-7/h1-6H,(H3,12,14,15,17). The molecule has 0 aliphatic heterocycles. The van der Waals surface area contributed by atoms with E-state index in [1.165, 1.54) is 0 Å². The number of nitrogen functional groups attached to an aromatic ring is 1. The maximum Gasteiger partial charge on any atom is 0.200 e. The van der Waals surface area contributed by atoms with Crippen molar-refractivity contribution in [1.29, 1.82) is 0 Å². The van der Waals surface area contributed by atoms with Crippen molar-refractivity contribution in [3.05, 3.63) is 41.3 Å². The number of aromatic nitrogens is 4. The van der Waals surface area contributed by atoms with E-state index >= 15 is 0 Å². The normalized spacial score (nSPS) is 10.8. The monoisotopic (exact) mass is 243 g/mol. The Balaban J connectivity index is 2.36. The molecule has 0 atom stereocenters. The summed E-state index contributed by atoms with van der Waals surface area (Å²) >= 11 is 5.12. The molecule has 0 radical (unpaired) electrons. The Hall–Kier alpha value is -2.21. The van der Waals surface area contributed by atoms with E-state index in [1.807, 2.05) is 34.9 Å². The van der Waals surface area contributed by atoms with E-state index in [-0.39, 0.29) is 0 Å². The van der Waals surface area contributed by atoms with Crippen LogP contribution in [0.1, 0.15) is 0 Å². The number of nitrogens with two attached hydrogens (primary N) is 1. The molecule has 2 heterocycles. The highest BCUT2D eigenvalue weighted by Gasteiger charge is 2.07. The lowest BCUT2D eigenvalue weighted by Crippen LogP contribution is -1.99. The average molecular weight is 243 g/mol. The van der Waals surface area contributed by atoms with Crippen molar-refractivity contribution in [2.24, 2.45) is 0 Å². The van der Waals surface area contributed by atoms with E-state index in [4.69, 9.17) is 18.0 Å². The van der Waals surface area contributed by atoms with Gasteiger partial charge in [-0.25, -0.2) is 9.97 Å². The van der Waals surface area contributed by atoms with Gasteiger partial charge in [-0.3, -0.25) is 4.57 Å². The Labute approximate surface area is 102 Å². The number of aromatic amines is 1. The lowest BCUT2D eigenvalue weighted by molar-refractivity contribution is 1.06. The van der Waals surface area contributed by atoms with Gasteiger partial charge in [0.2, 0.25) is 0 Å². The van der Waals surface area contributed by atoms with Gasteiger partial charge < -0.3 is 10.7 Å². The van der Waals surface area contributed by atoms with E-state index in [0.717, 1.165) is 11.3 Å². The van der Waals surface area contributed by atoms with Gasteiger partial charge in [-0.1, -0.05) is 30.4 Å². The zero-order chi connectivity index (χ0) is 11.8. The number of fused-ring (bicyclic) bond motifs is 1. The summed E-state index contributed by atoms with van der Waals surface area (Å²) in [6.07, 6.45) is 1.70. The second-order valence-electron chi connectivity index (χ2n) is 3.57. The van der Waals surface area contributed by atoms with Gasteiger partial charge in [0.05, 0.1) is 0 Å². The molecule has 0 aliphatic rings. The van der Waals surface area contributed by atoms with Gasteiger partial charge in [0, 0.05) is 5.69 Å². The third-order valence-corrected chi connectivity index (χ3v) is 2.76. The Kier molecular flexibility index (Phi) is 2.15. The molecular weight excluding hydrogens is 234 g/mol. The van der Waals surface area contributed by atoms with E-state index in [1.54, 1.807) is 6.33 Å². The van der Waals surface area contributed by atoms with Gasteiger partial charge in [-0.05, 0) is 12.1 Å². The highest BCUT2D eigenvalue weighted by Crippen LogP contribution is 2.16. The molecule has 3 N–H and O–H groups in total. The average Bonchev–Trinajstić information content (AvgIpc) is 2.74. The third-order valence-electron chi connectivity index (χ3n) is 2.47. The largest absolute Gasteiger partial charge is 0.369 e. The first-order valence-corrected chi connectivity index (χ1v) is 5.45. The minimum absolute atomic E-state index is 0.292. The Morgan fingerprint density at radius 3 is 2.76 bits per heavy atom. The highest BCUT2D eigenvalue weighted by molar-refractivity contribution is 7.71.